The molecule has 6 heteroatoms. The second kappa shape index (κ2) is 10.1. The van der Waals surface area contributed by atoms with Crippen molar-refractivity contribution in [1.29, 1.82) is 0 Å². The zero-order chi connectivity index (χ0) is 24.4. The Morgan fingerprint density at radius 1 is 1.06 bits per heavy atom. The Kier molecular flexibility index (Phi) is 6.93. The lowest BCUT2D eigenvalue weighted by Gasteiger charge is -2.57. The molecule has 3 atom stereocenters. The molecule has 3 aliphatic rings. The molecule has 2 heterocycles. The molecule has 2 aliphatic heterocycles. The number of benzene rings is 2. The van der Waals surface area contributed by atoms with E-state index < -0.39 is 11.4 Å². The first-order chi connectivity index (χ1) is 17.0. The molecule has 35 heavy (non-hydrogen) atoms. The molecular formula is C29H33FN2O3. The number of carbonyl (C=O) groups excluding carboxylic acids is 1. The van der Waals surface area contributed by atoms with Crippen LogP contribution in [0.4, 0.5) is 4.39 Å². The van der Waals surface area contributed by atoms with Crippen molar-refractivity contribution in [3.8, 4) is 11.8 Å². The lowest BCUT2D eigenvalue weighted by molar-refractivity contribution is -0.0606. The summed E-state index contributed by atoms with van der Waals surface area (Å²) in [5.41, 5.74) is 1.50. The highest BCUT2D eigenvalue weighted by molar-refractivity contribution is 5.94. The molecule has 0 radical (unpaired) electrons. The van der Waals surface area contributed by atoms with E-state index in [9.17, 15) is 19.4 Å². The van der Waals surface area contributed by atoms with Gasteiger partial charge in [-0.3, -0.25) is 9.69 Å². The van der Waals surface area contributed by atoms with Gasteiger partial charge in [-0.05, 0) is 81.0 Å². The molecule has 0 unspecified atom stereocenters. The fourth-order valence-corrected chi connectivity index (χ4v) is 5.99. The third kappa shape index (κ3) is 4.99. The molecule has 2 saturated heterocycles. The van der Waals surface area contributed by atoms with Crippen LogP contribution >= 0.6 is 0 Å². The van der Waals surface area contributed by atoms with Crippen LogP contribution in [0.1, 0.15) is 65.9 Å². The third-order valence-corrected chi connectivity index (χ3v) is 7.89. The first-order valence-corrected chi connectivity index (χ1v) is 12.7. The fraction of sp³-hybridized carbons (Fsp3) is 0.483. The quantitative estimate of drug-likeness (QED) is 0.666. The summed E-state index contributed by atoms with van der Waals surface area (Å²) < 4.78 is 13.7. The first-order valence-electron chi connectivity index (χ1n) is 12.7. The molecule has 1 saturated carbocycles. The summed E-state index contributed by atoms with van der Waals surface area (Å²) in [6.07, 6.45) is 5.34. The van der Waals surface area contributed by atoms with Gasteiger partial charge in [-0.15, -0.1) is 0 Å². The molecule has 0 aromatic heterocycles. The van der Waals surface area contributed by atoms with Crippen molar-refractivity contribution in [2.45, 2.75) is 62.1 Å². The van der Waals surface area contributed by atoms with Crippen LogP contribution in [0, 0.1) is 17.7 Å². The number of aliphatic hydroxyl groups excluding tert-OH is 1. The summed E-state index contributed by atoms with van der Waals surface area (Å²) in [6.45, 7) is 2.16. The Morgan fingerprint density at radius 2 is 1.80 bits per heavy atom. The van der Waals surface area contributed by atoms with Crippen LogP contribution < -0.4 is 0 Å². The van der Waals surface area contributed by atoms with Crippen LogP contribution in [0.2, 0.25) is 0 Å². The van der Waals surface area contributed by atoms with E-state index in [1.54, 1.807) is 12.1 Å². The van der Waals surface area contributed by atoms with Crippen molar-refractivity contribution in [2.75, 3.05) is 26.2 Å². The molecule has 3 fully saturated rings. The Hall–Kier alpha value is -2.72. The van der Waals surface area contributed by atoms with Crippen LogP contribution in [0.15, 0.2) is 48.5 Å². The SMILES string of the molecule is O=C(c1cccc(F)c1)N1CCCCN2[C@H](CO)[C@H](c3ccc(C#CC4(O)CCCC4)cc3)[C@@H]2C1. The maximum atomic E-state index is 13.7. The summed E-state index contributed by atoms with van der Waals surface area (Å²) in [5, 5.41) is 20.7. The van der Waals surface area contributed by atoms with Crippen LogP contribution in [0.3, 0.4) is 0 Å². The van der Waals surface area contributed by atoms with Crippen LogP contribution in [-0.2, 0) is 0 Å². The summed E-state index contributed by atoms with van der Waals surface area (Å²) in [5.74, 6) is 5.73. The molecule has 2 aromatic rings. The molecule has 0 spiro atoms. The molecule has 184 valence electrons. The Bertz CT molecular complexity index is 1120. The predicted molar refractivity (Wildman–Crippen MR) is 132 cm³/mol. The molecule has 1 amide bonds. The summed E-state index contributed by atoms with van der Waals surface area (Å²) >= 11 is 0. The van der Waals surface area contributed by atoms with E-state index in [0.29, 0.717) is 18.7 Å². The van der Waals surface area contributed by atoms with Gasteiger partial charge in [0.2, 0.25) is 0 Å². The van der Waals surface area contributed by atoms with E-state index in [-0.39, 0.29) is 30.5 Å². The van der Waals surface area contributed by atoms with E-state index in [4.69, 9.17) is 0 Å². The van der Waals surface area contributed by atoms with Crippen molar-refractivity contribution in [2.24, 2.45) is 0 Å². The van der Waals surface area contributed by atoms with Crippen molar-refractivity contribution >= 4 is 5.91 Å². The van der Waals surface area contributed by atoms with E-state index in [1.165, 1.54) is 12.1 Å². The summed E-state index contributed by atoms with van der Waals surface area (Å²) in [4.78, 5) is 17.4. The molecule has 0 bridgehead atoms. The molecule has 2 aromatic carbocycles. The normalized spacial score (nSPS) is 26.0. The molecular weight excluding hydrogens is 443 g/mol. The minimum Gasteiger partial charge on any atom is -0.395 e. The predicted octanol–water partition coefficient (Wildman–Crippen LogP) is 3.55. The van der Waals surface area contributed by atoms with Gasteiger partial charge in [0, 0.05) is 42.2 Å². The number of rotatable bonds is 3. The average molecular weight is 477 g/mol. The number of carbonyl (C=O) groups is 1. The highest BCUT2D eigenvalue weighted by Crippen LogP contribution is 2.42. The molecule has 5 nitrogen and oxygen atoms in total. The maximum Gasteiger partial charge on any atom is 0.254 e. The van der Waals surface area contributed by atoms with Gasteiger partial charge in [-0.2, -0.15) is 0 Å². The smallest absolute Gasteiger partial charge is 0.254 e. The third-order valence-electron chi connectivity index (χ3n) is 7.89. The van der Waals surface area contributed by atoms with E-state index in [0.717, 1.165) is 56.2 Å². The van der Waals surface area contributed by atoms with E-state index >= 15 is 0 Å². The lowest BCUT2D eigenvalue weighted by atomic mass is 9.74. The second-order valence-electron chi connectivity index (χ2n) is 10.2. The van der Waals surface area contributed by atoms with Gasteiger partial charge in [0.15, 0.2) is 0 Å². The minimum atomic E-state index is -0.856. The molecule has 5 rings (SSSR count). The summed E-state index contributed by atoms with van der Waals surface area (Å²) in [7, 11) is 0. The maximum absolute atomic E-state index is 13.7. The van der Waals surface area contributed by atoms with Crippen LogP contribution in [0.25, 0.3) is 0 Å². The lowest BCUT2D eigenvalue weighted by Crippen LogP contribution is -2.67. The van der Waals surface area contributed by atoms with Crippen molar-refractivity contribution in [1.82, 2.24) is 9.80 Å². The first kappa shape index (κ1) is 24.0. The van der Waals surface area contributed by atoms with E-state index in [2.05, 4.69) is 28.9 Å². The Morgan fingerprint density at radius 3 is 2.51 bits per heavy atom. The number of fused-ring (bicyclic) bond motifs is 1. The van der Waals surface area contributed by atoms with Gasteiger partial charge in [-0.25, -0.2) is 4.39 Å². The monoisotopic (exact) mass is 476 g/mol. The molecule has 2 N–H and O–H groups in total. The number of hydrogen-bond donors (Lipinski definition) is 2. The Balaban J connectivity index is 1.35. The average Bonchev–Trinajstić information content (AvgIpc) is 3.29. The van der Waals surface area contributed by atoms with Crippen molar-refractivity contribution in [3.05, 3.63) is 71.0 Å². The minimum absolute atomic E-state index is 0.0142. The topological polar surface area (TPSA) is 64.0 Å². The standard InChI is InChI=1S/C29H33FN2O3/c30-24-7-5-6-23(18-24)28(34)31-16-3-4-17-32-25(19-31)27(26(32)20-33)22-10-8-21(9-11-22)12-15-29(35)13-1-2-14-29/h5-11,18,25-27,33,35H,1-4,13-14,16-17,19-20H2/t25-,26+,27+/m0/s1. The highest BCUT2D eigenvalue weighted by Gasteiger charge is 2.49. The van der Waals surface area contributed by atoms with Crippen molar-refractivity contribution < 1.29 is 19.4 Å². The van der Waals surface area contributed by atoms with Gasteiger partial charge in [-0.1, -0.05) is 30.0 Å². The van der Waals surface area contributed by atoms with Gasteiger partial charge in [0.25, 0.3) is 5.91 Å². The largest absolute Gasteiger partial charge is 0.395 e. The Labute approximate surface area is 206 Å². The zero-order valence-electron chi connectivity index (χ0n) is 20.0. The van der Waals surface area contributed by atoms with Gasteiger partial charge >= 0.3 is 0 Å². The highest BCUT2D eigenvalue weighted by atomic mass is 19.1. The zero-order valence-corrected chi connectivity index (χ0v) is 20.0. The second-order valence-corrected chi connectivity index (χ2v) is 10.2. The number of amides is 1. The van der Waals surface area contributed by atoms with Gasteiger partial charge in [0.05, 0.1) is 6.61 Å². The van der Waals surface area contributed by atoms with E-state index in [1.807, 2.05) is 17.0 Å². The number of halogens is 1. The molecule has 1 aliphatic carbocycles. The number of hydrogen-bond acceptors (Lipinski definition) is 4. The van der Waals surface area contributed by atoms with Gasteiger partial charge < -0.3 is 15.1 Å². The number of aliphatic hydroxyl groups is 2. The van der Waals surface area contributed by atoms with Crippen LogP contribution in [-0.4, -0.2) is 69.8 Å². The number of nitrogens with zero attached hydrogens (tertiary/aromatic N) is 2. The van der Waals surface area contributed by atoms with Crippen LogP contribution in [0.5, 0.6) is 0 Å². The fourth-order valence-electron chi connectivity index (χ4n) is 5.99. The van der Waals surface area contributed by atoms with Gasteiger partial charge in [0.1, 0.15) is 11.4 Å². The van der Waals surface area contributed by atoms with Crippen molar-refractivity contribution in [3.63, 3.8) is 0 Å². The summed E-state index contributed by atoms with van der Waals surface area (Å²) in [6, 6.07) is 14.1.